The highest BCUT2D eigenvalue weighted by Gasteiger charge is 2.42. The van der Waals surface area contributed by atoms with Crippen LogP contribution in [0.3, 0.4) is 0 Å². The van der Waals surface area contributed by atoms with E-state index in [1.165, 1.54) is 37.9 Å². The van der Waals surface area contributed by atoms with E-state index in [0.717, 1.165) is 5.92 Å². The number of unbranched alkanes of at least 4 members (excludes halogenated alkanes) is 1. The van der Waals surface area contributed by atoms with E-state index in [4.69, 9.17) is 0 Å². The first-order valence-electron chi connectivity index (χ1n) is 7.47. The molecule has 0 fully saturated rings. The van der Waals surface area contributed by atoms with Gasteiger partial charge >= 0.3 is 0 Å². The average Bonchev–Trinajstić information content (AvgIpc) is 2.23. The minimum atomic E-state index is 0.384. The number of hydrogen-bond acceptors (Lipinski definition) is 1. The van der Waals surface area contributed by atoms with Crippen LogP contribution in [0.1, 0.15) is 80.6 Å². The van der Waals surface area contributed by atoms with Crippen molar-refractivity contribution in [1.82, 2.24) is 0 Å². The molecular weight excluding hydrogens is 224 g/mol. The number of thioether (sulfide) groups is 1. The van der Waals surface area contributed by atoms with E-state index in [-0.39, 0.29) is 0 Å². The summed E-state index contributed by atoms with van der Waals surface area (Å²) in [5.41, 5.74) is 0.429. The minimum absolute atomic E-state index is 0.384. The average molecular weight is 259 g/mol. The third kappa shape index (κ3) is 4.85. The molecule has 0 N–H and O–H groups in total. The van der Waals surface area contributed by atoms with E-state index in [9.17, 15) is 0 Å². The van der Waals surface area contributed by atoms with Crippen LogP contribution in [0, 0.1) is 11.3 Å². The maximum Gasteiger partial charge on any atom is 0.0157 e. The predicted octanol–water partition coefficient (Wildman–Crippen LogP) is 6.15. The van der Waals surface area contributed by atoms with E-state index in [0.29, 0.717) is 10.2 Å². The summed E-state index contributed by atoms with van der Waals surface area (Å²) in [7, 11) is 0. The Morgan fingerprint density at radius 3 is 1.88 bits per heavy atom. The monoisotopic (exact) mass is 258 g/mol. The highest BCUT2D eigenvalue weighted by molar-refractivity contribution is 8.00. The summed E-state index contributed by atoms with van der Waals surface area (Å²) >= 11 is 2.13. The summed E-state index contributed by atoms with van der Waals surface area (Å²) in [6, 6.07) is 0. The summed E-state index contributed by atoms with van der Waals surface area (Å²) in [6.07, 6.45) is 6.84. The van der Waals surface area contributed by atoms with Crippen LogP contribution in [0.4, 0.5) is 0 Å². The topological polar surface area (TPSA) is 0 Å². The lowest BCUT2D eigenvalue weighted by molar-refractivity contribution is 0.138. The molecule has 1 heteroatoms. The summed E-state index contributed by atoms with van der Waals surface area (Å²) in [4.78, 5) is 0. The summed E-state index contributed by atoms with van der Waals surface area (Å²) in [6.45, 7) is 16.8. The molecule has 0 heterocycles. The fourth-order valence-electron chi connectivity index (χ4n) is 2.70. The molecule has 1 atom stereocenters. The van der Waals surface area contributed by atoms with Gasteiger partial charge in [0.15, 0.2) is 0 Å². The largest absolute Gasteiger partial charge is 0.155 e. The normalized spacial score (nSPS) is 15.0. The first-order valence-corrected chi connectivity index (χ1v) is 8.45. The van der Waals surface area contributed by atoms with Crippen LogP contribution in [0.5, 0.6) is 0 Å². The Bertz CT molecular complexity index is 194. The van der Waals surface area contributed by atoms with Gasteiger partial charge in [-0.1, -0.05) is 74.1 Å². The second kappa shape index (κ2) is 7.71. The van der Waals surface area contributed by atoms with Crippen molar-refractivity contribution in [3.05, 3.63) is 0 Å². The van der Waals surface area contributed by atoms with Gasteiger partial charge in [-0.3, -0.25) is 0 Å². The Kier molecular flexibility index (Phi) is 7.87. The van der Waals surface area contributed by atoms with Crippen LogP contribution in [-0.4, -0.2) is 10.5 Å². The molecule has 0 rings (SSSR count). The molecule has 104 valence electrons. The summed E-state index contributed by atoms with van der Waals surface area (Å²) < 4.78 is 0.384. The molecule has 0 aliphatic carbocycles. The molecule has 0 nitrogen and oxygen atoms in total. The van der Waals surface area contributed by atoms with Gasteiger partial charge < -0.3 is 0 Å². The highest BCUT2D eigenvalue weighted by Crippen LogP contribution is 2.49. The molecule has 0 amide bonds. The summed E-state index contributed by atoms with van der Waals surface area (Å²) in [5.74, 6) is 2.10. The van der Waals surface area contributed by atoms with Gasteiger partial charge in [-0.05, 0) is 23.5 Å². The van der Waals surface area contributed by atoms with Gasteiger partial charge in [-0.15, -0.1) is 0 Å². The Morgan fingerprint density at radius 2 is 1.47 bits per heavy atom. The predicted molar refractivity (Wildman–Crippen MR) is 83.9 cm³/mol. The smallest absolute Gasteiger partial charge is 0.0157 e. The lowest BCUT2D eigenvalue weighted by Gasteiger charge is -2.47. The fraction of sp³-hybridized carbons (Fsp3) is 1.00. The van der Waals surface area contributed by atoms with E-state index in [1.807, 2.05) is 0 Å². The third-order valence-corrected chi connectivity index (χ3v) is 6.16. The number of hydrogen-bond donors (Lipinski definition) is 0. The lowest BCUT2D eigenvalue weighted by Crippen LogP contribution is -2.42. The zero-order valence-electron chi connectivity index (χ0n) is 13.2. The van der Waals surface area contributed by atoms with Crippen molar-refractivity contribution >= 4 is 11.8 Å². The molecule has 0 aromatic carbocycles. The molecule has 17 heavy (non-hydrogen) atoms. The quantitative estimate of drug-likeness (QED) is 0.478. The van der Waals surface area contributed by atoms with Crippen LogP contribution in [0.15, 0.2) is 0 Å². The molecule has 0 aliphatic heterocycles. The Labute approximate surface area is 114 Å². The van der Waals surface area contributed by atoms with Crippen molar-refractivity contribution in [1.29, 1.82) is 0 Å². The van der Waals surface area contributed by atoms with Gasteiger partial charge in [-0.2, -0.15) is 11.8 Å². The maximum absolute atomic E-state index is 2.49. The van der Waals surface area contributed by atoms with E-state index < -0.39 is 0 Å². The van der Waals surface area contributed by atoms with Crippen molar-refractivity contribution in [3.8, 4) is 0 Å². The van der Waals surface area contributed by atoms with E-state index in [1.54, 1.807) is 0 Å². The van der Waals surface area contributed by atoms with Gasteiger partial charge in [0.2, 0.25) is 0 Å². The van der Waals surface area contributed by atoms with Gasteiger partial charge in [0, 0.05) is 4.75 Å². The Balaban J connectivity index is 4.78. The van der Waals surface area contributed by atoms with Gasteiger partial charge in [0.05, 0.1) is 0 Å². The van der Waals surface area contributed by atoms with Gasteiger partial charge in [0.25, 0.3) is 0 Å². The fourth-order valence-corrected chi connectivity index (χ4v) is 3.96. The zero-order valence-corrected chi connectivity index (χ0v) is 14.0. The molecule has 0 bridgehead atoms. The second-order valence-corrected chi connectivity index (χ2v) is 8.18. The van der Waals surface area contributed by atoms with Crippen molar-refractivity contribution in [2.75, 3.05) is 5.75 Å². The van der Waals surface area contributed by atoms with Crippen LogP contribution in [0.2, 0.25) is 0 Å². The molecule has 0 aliphatic rings. The molecule has 0 radical (unpaired) electrons. The molecule has 0 saturated carbocycles. The first kappa shape index (κ1) is 17.4. The molecule has 0 aromatic heterocycles. The van der Waals surface area contributed by atoms with Crippen molar-refractivity contribution in [3.63, 3.8) is 0 Å². The summed E-state index contributed by atoms with van der Waals surface area (Å²) in [5, 5.41) is 0. The highest BCUT2D eigenvalue weighted by atomic mass is 32.2. The SMILES string of the molecule is CCCCC(CCC)C(C)(C)C(C)(C)SCC. The van der Waals surface area contributed by atoms with Gasteiger partial charge in [0.1, 0.15) is 0 Å². The lowest BCUT2D eigenvalue weighted by atomic mass is 9.67. The van der Waals surface area contributed by atoms with Crippen molar-refractivity contribution in [2.24, 2.45) is 11.3 Å². The standard InChI is InChI=1S/C16H34S/c1-8-11-13-14(12-9-2)15(4,5)16(6,7)17-10-3/h14H,8-13H2,1-7H3. The first-order chi connectivity index (χ1) is 7.83. The zero-order chi connectivity index (χ0) is 13.5. The molecule has 0 aromatic rings. The van der Waals surface area contributed by atoms with Crippen LogP contribution in [0.25, 0.3) is 0 Å². The number of rotatable bonds is 9. The van der Waals surface area contributed by atoms with Crippen LogP contribution in [-0.2, 0) is 0 Å². The van der Waals surface area contributed by atoms with Crippen LogP contribution >= 0.6 is 11.8 Å². The minimum Gasteiger partial charge on any atom is -0.155 e. The second-order valence-electron chi connectivity index (χ2n) is 6.29. The molecule has 0 saturated heterocycles. The maximum atomic E-state index is 2.49. The molecular formula is C16H34S. The van der Waals surface area contributed by atoms with Crippen molar-refractivity contribution in [2.45, 2.75) is 85.3 Å². The molecule has 0 spiro atoms. The van der Waals surface area contributed by atoms with E-state index >= 15 is 0 Å². The Morgan fingerprint density at radius 1 is 0.882 bits per heavy atom. The van der Waals surface area contributed by atoms with E-state index in [2.05, 4.69) is 60.2 Å². The van der Waals surface area contributed by atoms with Gasteiger partial charge in [-0.25, -0.2) is 0 Å². The Hall–Kier alpha value is 0.350. The third-order valence-electron chi connectivity index (χ3n) is 4.62. The van der Waals surface area contributed by atoms with Crippen molar-refractivity contribution < 1.29 is 0 Å². The molecule has 1 unspecified atom stereocenters. The van der Waals surface area contributed by atoms with Crippen LogP contribution < -0.4 is 0 Å².